The Morgan fingerprint density at radius 1 is 0.297 bits per heavy atom. The first-order valence-corrected chi connectivity index (χ1v) is 28.3. The van der Waals surface area contributed by atoms with E-state index in [-0.39, 0.29) is 31.1 Å². The summed E-state index contributed by atoms with van der Waals surface area (Å²) in [6.07, 6.45) is 61.6. The van der Waals surface area contributed by atoms with Crippen LogP contribution in [-0.2, 0) is 28.6 Å². The summed E-state index contributed by atoms with van der Waals surface area (Å²) < 4.78 is 16.8. The quantitative estimate of drug-likeness (QED) is 0.0262. The molecule has 6 nitrogen and oxygen atoms in total. The third kappa shape index (κ3) is 50.9. The summed E-state index contributed by atoms with van der Waals surface area (Å²) in [7, 11) is 0. The molecule has 0 heterocycles. The molecule has 0 amide bonds. The van der Waals surface area contributed by atoms with Crippen LogP contribution in [0.2, 0.25) is 0 Å². The lowest BCUT2D eigenvalue weighted by Crippen LogP contribution is -2.30. The Morgan fingerprint density at radius 2 is 0.516 bits per heavy atom. The lowest BCUT2D eigenvalue weighted by atomic mass is 10.1. The van der Waals surface area contributed by atoms with E-state index in [9.17, 15) is 14.4 Å². The van der Waals surface area contributed by atoms with Crippen molar-refractivity contribution >= 4 is 17.9 Å². The van der Waals surface area contributed by atoms with Crippen LogP contribution in [0.15, 0.2) is 24.3 Å². The second kappa shape index (κ2) is 53.5. The maximum atomic E-state index is 12.8. The monoisotopic (exact) mass is 901 g/mol. The van der Waals surface area contributed by atoms with Gasteiger partial charge in [0.1, 0.15) is 13.2 Å². The Bertz CT molecular complexity index is 1040. The number of esters is 3. The summed E-state index contributed by atoms with van der Waals surface area (Å²) in [5.41, 5.74) is 0. The van der Waals surface area contributed by atoms with Crippen molar-refractivity contribution < 1.29 is 28.6 Å². The molecular formula is C58H108O6. The van der Waals surface area contributed by atoms with Crippen molar-refractivity contribution in [2.45, 2.75) is 316 Å². The fourth-order valence-corrected chi connectivity index (χ4v) is 8.37. The van der Waals surface area contributed by atoms with Gasteiger partial charge >= 0.3 is 17.9 Å². The van der Waals surface area contributed by atoms with Gasteiger partial charge in [-0.15, -0.1) is 0 Å². The van der Waals surface area contributed by atoms with E-state index in [4.69, 9.17) is 14.2 Å². The molecule has 1 atom stereocenters. The van der Waals surface area contributed by atoms with Gasteiger partial charge in [0, 0.05) is 19.3 Å². The molecule has 0 saturated carbocycles. The summed E-state index contributed by atoms with van der Waals surface area (Å²) in [5, 5.41) is 0. The molecule has 6 heteroatoms. The second-order valence-electron chi connectivity index (χ2n) is 19.2. The molecule has 64 heavy (non-hydrogen) atoms. The summed E-state index contributed by atoms with van der Waals surface area (Å²) in [6, 6.07) is 0. The van der Waals surface area contributed by atoms with Crippen molar-refractivity contribution in [3.63, 3.8) is 0 Å². The van der Waals surface area contributed by atoms with Gasteiger partial charge in [0.15, 0.2) is 6.10 Å². The van der Waals surface area contributed by atoms with Gasteiger partial charge in [-0.1, -0.05) is 244 Å². The molecule has 0 aliphatic rings. The van der Waals surface area contributed by atoms with Crippen molar-refractivity contribution in [3.8, 4) is 0 Å². The van der Waals surface area contributed by atoms with Gasteiger partial charge in [0.05, 0.1) is 0 Å². The predicted octanol–water partition coefficient (Wildman–Crippen LogP) is 18.7. The zero-order valence-electron chi connectivity index (χ0n) is 43.1. The van der Waals surface area contributed by atoms with E-state index >= 15 is 0 Å². The van der Waals surface area contributed by atoms with E-state index in [0.29, 0.717) is 19.3 Å². The molecular weight excluding hydrogens is 793 g/mol. The number of rotatable bonds is 52. The highest BCUT2D eigenvalue weighted by atomic mass is 16.6. The Morgan fingerprint density at radius 3 is 0.781 bits per heavy atom. The first-order valence-electron chi connectivity index (χ1n) is 28.3. The average Bonchev–Trinajstić information content (AvgIpc) is 3.29. The van der Waals surface area contributed by atoms with E-state index in [1.807, 2.05) is 0 Å². The number of unbranched alkanes of at least 4 members (excludes halogenated alkanes) is 37. The van der Waals surface area contributed by atoms with Gasteiger partial charge in [-0.2, -0.15) is 0 Å². The minimum absolute atomic E-state index is 0.0703. The molecule has 0 bridgehead atoms. The average molecular weight is 901 g/mol. The Hall–Kier alpha value is -2.11. The number of hydrogen-bond acceptors (Lipinski definition) is 6. The van der Waals surface area contributed by atoms with Crippen LogP contribution in [0.1, 0.15) is 310 Å². The highest BCUT2D eigenvalue weighted by molar-refractivity contribution is 5.71. The van der Waals surface area contributed by atoms with Crippen LogP contribution in [0.25, 0.3) is 0 Å². The molecule has 0 rings (SSSR count). The zero-order valence-corrected chi connectivity index (χ0v) is 43.1. The Labute approximate surface area is 398 Å². The first kappa shape index (κ1) is 61.9. The van der Waals surface area contributed by atoms with E-state index in [0.717, 1.165) is 57.8 Å². The van der Waals surface area contributed by atoms with E-state index in [1.54, 1.807) is 0 Å². The molecule has 0 aromatic carbocycles. The minimum Gasteiger partial charge on any atom is -0.462 e. The van der Waals surface area contributed by atoms with Crippen LogP contribution < -0.4 is 0 Å². The fourth-order valence-electron chi connectivity index (χ4n) is 8.37. The number of hydrogen-bond donors (Lipinski definition) is 0. The maximum absolute atomic E-state index is 12.8. The summed E-state index contributed by atoms with van der Waals surface area (Å²) >= 11 is 0. The molecule has 0 N–H and O–H groups in total. The van der Waals surface area contributed by atoms with Crippen LogP contribution >= 0.6 is 0 Å². The molecule has 0 aromatic rings. The zero-order chi connectivity index (χ0) is 46.5. The first-order chi connectivity index (χ1) is 31.5. The van der Waals surface area contributed by atoms with E-state index < -0.39 is 6.10 Å². The molecule has 0 spiro atoms. The fraction of sp³-hybridized carbons (Fsp3) is 0.879. The third-order valence-electron chi connectivity index (χ3n) is 12.7. The Kier molecular flexibility index (Phi) is 51.7. The summed E-state index contributed by atoms with van der Waals surface area (Å²) in [6.45, 7) is 6.66. The second-order valence-corrected chi connectivity index (χ2v) is 19.2. The molecule has 1 unspecified atom stereocenters. The van der Waals surface area contributed by atoms with Gasteiger partial charge in [-0.3, -0.25) is 14.4 Å². The van der Waals surface area contributed by atoms with Crippen LogP contribution in [0.5, 0.6) is 0 Å². The predicted molar refractivity (Wildman–Crippen MR) is 275 cm³/mol. The lowest BCUT2D eigenvalue weighted by Gasteiger charge is -2.18. The van der Waals surface area contributed by atoms with Crippen molar-refractivity contribution in [2.75, 3.05) is 13.2 Å². The number of carbonyl (C=O) groups is 3. The Balaban J connectivity index is 4.31. The molecule has 0 saturated heterocycles. The maximum Gasteiger partial charge on any atom is 0.306 e. The van der Waals surface area contributed by atoms with Gasteiger partial charge < -0.3 is 14.2 Å². The van der Waals surface area contributed by atoms with Crippen molar-refractivity contribution in [1.82, 2.24) is 0 Å². The molecule has 376 valence electrons. The molecule has 0 aliphatic heterocycles. The molecule has 0 aromatic heterocycles. The molecule has 0 fully saturated rings. The third-order valence-corrected chi connectivity index (χ3v) is 12.7. The number of carbonyl (C=O) groups excluding carboxylic acids is 3. The molecule has 0 radical (unpaired) electrons. The smallest absolute Gasteiger partial charge is 0.306 e. The largest absolute Gasteiger partial charge is 0.462 e. The standard InChI is InChI=1S/C58H108O6/c1-4-7-10-13-16-19-22-24-26-28-30-31-33-36-39-42-45-48-51-57(60)63-54-55(53-62-56(59)50-47-44-41-38-35-21-18-15-12-9-6-3)64-58(61)52-49-46-43-40-37-34-32-29-27-25-23-20-17-14-11-8-5-2/h25-28,55H,4-24,29-54H2,1-3H3/b27-25-,28-26-. The van der Waals surface area contributed by atoms with Gasteiger partial charge in [-0.05, 0) is 70.6 Å². The summed E-state index contributed by atoms with van der Waals surface area (Å²) in [5.74, 6) is -0.863. The highest BCUT2D eigenvalue weighted by Gasteiger charge is 2.19. The number of allylic oxidation sites excluding steroid dienone is 4. The van der Waals surface area contributed by atoms with Crippen LogP contribution in [0.3, 0.4) is 0 Å². The topological polar surface area (TPSA) is 78.9 Å². The van der Waals surface area contributed by atoms with E-state index in [2.05, 4.69) is 45.1 Å². The summed E-state index contributed by atoms with van der Waals surface area (Å²) in [4.78, 5) is 38.1. The van der Waals surface area contributed by atoms with Crippen LogP contribution in [0.4, 0.5) is 0 Å². The number of ether oxygens (including phenoxy) is 3. The SMILES string of the molecule is CCCCCCCC/C=C\CCCCCCCCCC(=O)OC(COC(=O)CCCCCCCCC/C=C\CCCCCCCCC)COC(=O)CCCCCCCCCCCCC. The van der Waals surface area contributed by atoms with Gasteiger partial charge in [0.25, 0.3) is 0 Å². The van der Waals surface area contributed by atoms with Gasteiger partial charge in [0.2, 0.25) is 0 Å². The van der Waals surface area contributed by atoms with E-state index in [1.165, 1.54) is 212 Å². The highest BCUT2D eigenvalue weighted by Crippen LogP contribution is 2.16. The van der Waals surface area contributed by atoms with Crippen molar-refractivity contribution in [2.24, 2.45) is 0 Å². The van der Waals surface area contributed by atoms with Crippen LogP contribution in [0, 0.1) is 0 Å². The molecule has 0 aliphatic carbocycles. The van der Waals surface area contributed by atoms with Crippen LogP contribution in [-0.4, -0.2) is 37.2 Å². The minimum atomic E-state index is -0.771. The lowest BCUT2D eigenvalue weighted by molar-refractivity contribution is -0.167. The van der Waals surface area contributed by atoms with Crippen molar-refractivity contribution in [3.05, 3.63) is 24.3 Å². The normalized spacial score (nSPS) is 12.1. The van der Waals surface area contributed by atoms with Crippen molar-refractivity contribution in [1.29, 1.82) is 0 Å². The van der Waals surface area contributed by atoms with Gasteiger partial charge in [-0.25, -0.2) is 0 Å².